The molecule has 0 nitrogen and oxygen atoms in total. The van der Waals surface area contributed by atoms with E-state index in [1.165, 1.54) is 27.8 Å². The Labute approximate surface area is 92.3 Å². The van der Waals surface area contributed by atoms with Gasteiger partial charge >= 0.3 is 0 Å². The van der Waals surface area contributed by atoms with Gasteiger partial charge in [0, 0.05) is 0 Å². The Morgan fingerprint density at radius 3 is 2.07 bits per heavy atom. The fourth-order valence-electron chi connectivity index (χ4n) is 2.08. The molecule has 0 saturated carbocycles. The highest BCUT2D eigenvalue weighted by molar-refractivity contribution is 5.73. The molecule has 0 saturated heterocycles. The van der Waals surface area contributed by atoms with Gasteiger partial charge in [0.2, 0.25) is 0 Å². The van der Waals surface area contributed by atoms with Crippen molar-refractivity contribution in [3.05, 3.63) is 47.0 Å². The van der Waals surface area contributed by atoms with Gasteiger partial charge in [-0.25, -0.2) is 0 Å². The van der Waals surface area contributed by atoms with Crippen LogP contribution in [0.15, 0.2) is 30.3 Å². The zero-order valence-corrected chi connectivity index (χ0v) is 9.96. The Morgan fingerprint density at radius 2 is 1.40 bits per heavy atom. The van der Waals surface area contributed by atoms with Gasteiger partial charge in [-0.1, -0.05) is 44.2 Å². The topological polar surface area (TPSA) is 0 Å². The Balaban J connectivity index is 2.69. The third kappa shape index (κ3) is 1.77. The summed E-state index contributed by atoms with van der Waals surface area (Å²) in [5.74, 6) is 0.598. The molecule has 2 aliphatic carbocycles. The van der Waals surface area contributed by atoms with Crippen LogP contribution in [0.3, 0.4) is 0 Å². The molecule has 0 heteroatoms. The third-order valence-corrected chi connectivity index (χ3v) is 3.13. The van der Waals surface area contributed by atoms with E-state index in [9.17, 15) is 0 Å². The number of aryl methyl sites for hydroxylation is 2. The summed E-state index contributed by atoms with van der Waals surface area (Å²) in [6.45, 7) is 8.86. The first kappa shape index (κ1) is 10.2. The summed E-state index contributed by atoms with van der Waals surface area (Å²) in [5.41, 5.74) is 6.95. The summed E-state index contributed by atoms with van der Waals surface area (Å²) in [6.07, 6.45) is 0. The molecule has 2 aliphatic rings. The van der Waals surface area contributed by atoms with E-state index in [1.807, 2.05) is 0 Å². The minimum atomic E-state index is 0.598. The Morgan fingerprint density at radius 1 is 0.800 bits per heavy atom. The fraction of sp³-hybridized carbons (Fsp3) is 0.333. The number of hydrogen-bond acceptors (Lipinski definition) is 0. The van der Waals surface area contributed by atoms with Gasteiger partial charge in [0.05, 0.1) is 0 Å². The van der Waals surface area contributed by atoms with Gasteiger partial charge in [0.1, 0.15) is 0 Å². The predicted octanol–water partition coefficient (Wildman–Crippen LogP) is 4.53. The molecule has 78 valence electrons. The lowest BCUT2D eigenvalue weighted by molar-refractivity contribution is 0.867. The van der Waals surface area contributed by atoms with Gasteiger partial charge in [-0.2, -0.15) is 0 Å². The molecule has 0 N–H and O–H groups in total. The molecule has 0 aromatic rings. The molecule has 0 aromatic carbocycles. The van der Waals surface area contributed by atoms with Crippen LogP contribution in [-0.2, 0) is 0 Å². The van der Waals surface area contributed by atoms with E-state index in [4.69, 9.17) is 0 Å². The second kappa shape index (κ2) is 3.69. The first-order valence-electron chi connectivity index (χ1n) is 5.59. The van der Waals surface area contributed by atoms with E-state index in [0.717, 1.165) is 0 Å². The van der Waals surface area contributed by atoms with Crippen LogP contribution in [0.1, 0.15) is 36.5 Å². The summed E-state index contributed by atoms with van der Waals surface area (Å²) in [5, 5.41) is 0. The zero-order valence-electron chi connectivity index (χ0n) is 9.96. The van der Waals surface area contributed by atoms with E-state index in [2.05, 4.69) is 58.0 Å². The standard InChI is InChI=1S/C15H18/c1-10(2)13-6-8-14-11(3)5-7-15(14)12(4)9-13/h5-10H,1-4H3. The van der Waals surface area contributed by atoms with E-state index in [-0.39, 0.29) is 0 Å². The first-order chi connectivity index (χ1) is 7.09. The van der Waals surface area contributed by atoms with E-state index in [1.54, 1.807) is 0 Å². The van der Waals surface area contributed by atoms with Crippen molar-refractivity contribution in [2.24, 2.45) is 0 Å². The van der Waals surface area contributed by atoms with Crippen molar-refractivity contribution in [2.45, 2.75) is 33.6 Å². The fourth-order valence-corrected chi connectivity index (χ4v) is 2.08. The maximum atomic E-state index is 2.31. The number of fused-ring (bicyclic) bond motifs is 1. The average Bonchev–Trinajstić information content (AvgIpc) is 2.44. The lowest BCUT2D eigenvalue weighted by atomic mass is 10.0. The quantitative estimate of drug-likeness (QED) is 0.631. The molecule has 0 spiro atoms. The second-order valence-electron chi connectivity index (χ2n) is 4.66. The van der Waals surface area contributed by atoms with Crippen LogP contribution in [-0.4, -0.2) is 0 Å². The Bertz CT molecular complexity index is 452. The van der Waals surface area contributed by atoms with Crippen molar-refractivity contribution in [3.8, 4) is 11.1 Å². The molecule has 0 unspecified atom stereocenters. The largest absolute Gasteiger partial charge is 0.0587 e. The third-order valence-electron chi connectivity index (χ3n) is 3.13. The minimum absolute atomic E-state index is 0.598. The van der Waals surface area contributed by atoms with Gasteiger partial charge < -0.3 is 0 Å². The zero-order chi connectivity index (χ0) is 11.0. The Kier molecular flexibility index (Phi) is 2.52. The predicted molar refractivity (Wildman–Crippen MR) is 66.6 cm³/mol. The van der Waals surface area contributed by atoms with Crippen LogP contribution in [0.25, 0.3) is 11.1 Å². The molecule has 2 rings (SSSR count). The second-order valence-corrected chi connectivity index (χ2v) is 4.66. The summed E-state index contributed by atoms with van der Waals surface area (Å²) < 4.78 is 0. The van der Waals surface area contributed by atoms with Crippen LogP contribution in [0.2, 0.25) is 0 Å². The molecule has 0 aromatic heterocycles. The van der Waals surface area contributed by atoms with Crippen LogP contribution >= 0.6 is 0 Å². The maximum Gasteiger partial charge on any atom is -0.0152 e. The molecular formula is C15H18. The average molecular weight is 198 g/mol. The van der Waals surface area contributed by atoms with E-state index in [0.29, 0.717) is 5.92 Å². The molecule has 0 atom stereocenters. The van der Waals surface area contributed by atoms with Gasteiger partial charge in [0.25, 0.3) is 0 Å². The molecular weight excluding hydrogens is 180 g/mol. The van der Waals surface area contributed by atoms with Crippen molar-refractivity contribution >= 4 is 0 Å². The number of rotatable bonds is 1. The van der Waals surface area contributed by atoms with Gasteiger partial charge in [-0.15, -0.1) is 0 Å². The van der Waals surface area contributed by atoms with Crippen LogP contribution in [0, 0.1) is 13.8 Å². The molecule has 0 heterocycles. The van der Waals surface area contributed by atoms with Crippen molar-refractivity contribution in [1.29, 1.82) is 0 Å². The van der Waals surface area contributed by atoms with E-state index < -0.39 is 0 Å². The van der Waals surface area contributed by atoms with Gasteiger partial charge in [-0.05, 0) is 47.6 Å². The smallest absolute Gasteiger partial charge is 0.0152 e. The lowest BCUT2D eigenvalue weighted by Gasteiger charge is -2.01. The van der Waals surface area contributed by atoms with Crippen LogP contribution in [0.4, 0.5) is 0 Å². The summed E-state index contributed by atoms with van der Waals surface area (Å²) in [4.78, 5) is 0. The van der Waals surface area contributed by atoms with Gasteiger partial charge in [0.15, 0.2) is 0 Å². The first-order valence-corrected chi connectivity index (χ1v) is 5.59. The number of hydrogen-bond donors (Lipinski definition) is 0. The van der Waals surface area contributed by atoms with Crippen molar-refractivity contribution in [2.75, 3.05) is 0 Å². The van der Waals surface area contributed by atoms with E-state index >= 15 is 0 Å². The molecule has 0 aliphatic heterocycles. The monoisotopic (exact) mass is 198 g/mol. The Hall–Kier alpha value is -1.30. The summed E-state index contributed by atoms with van der Waals surface area (Å²) in [7, 11) is 0. The summed E-state index contributed by atoms with van der Waals surface area (Å²) in [6, 6.07) is 11.3. The minimum Gasteiger partial charge on any atom is -0.0587 e. The molecule has 0 fully saturated rings. The molecule has 15 heavy (non-hydrogen) atoms. The van der Waals surface area contributed by atoms with Gasteiger partial charge in [-0.3, -0.25) is 0 Å². The lowest BCUT2D eigenvalue weighted by Crippen LogP contribution is -1.83. The SMILES string of the molecule is Cc1ccc2c(C)cc(C(C)C)ccc1-2. The molecule has 0 bridgehead atoms. The van der Waals surface area contributed by atoms with Crippen molar-refractivity contribution < 1.29 is 0 Å². The van der Waals surface area contributed by atoms with Crippen molar-refractivity contribution in [1.82, 2.24) is 0 Å². The normalized spacial score (nSPS) is 11.3. The molecule has 0 amide bonds. The van der Waals surface area contributed by atoms with Crippen LogP contribution < -0.4 is 0 Å². The van der Waals surface area contributed by atoms with Crippen LogP contribution in [0.5, 0.6) is 0 Å². The highest BCUT2D eigenvalue weighted by Crippen LogP contribution is 2.31. The van der Waals surface area contributed by atoms with Crippen molar-refractivity contribution in [3.63, 3.8) is 0 Å². The highest BCUT2D eigenvalue weighted by atomic mass is 14.1. The maximum absolute atomic E-state index is 2.31. The molecule has 0 radical (unpaired) electrons. The highest BCUT2D eigenvalue weighted by Gasteiger charge is 2.08. The summed E-state index contributed by atoms with van der Waals surface area (Å²) >= 11 is 0.